The molecule has 0 spiro atoms. The minimum absolute atomic E-state index is 0.0123. The fourth-order valence-electron chi connectivity index (χ4n) is 2.30. The van der Waals surface area contributed by atoms with Crippen molar-refractivity contribution in [3.63, 3.8) is 0 Å². The van der Waals surface area contributed by atoms with Gasteiger partial charge in [0.15, 0.2) is 0 Å². The molecule has 1 aliphatic heterocycles. The van der Waals surface area contributed by atoms with Crippen molar-refractivity contribution in [3.8, 4) is 0 Å². The van der Waals surface area contributed by atoms with Crippen LogP contribution in [0.2, 0.25) is 0 Å². The number of rotatable bonds is 0. The van der Waals surface area contributed by atoms with Gasteiger partial charge in [-0.05, 0) is 19.1 Å². The molecule has 1 aromatic carbocycles. The summed E-state index contributed by atoms with van der Waals surface area (Å²) in [6.45, 7) is 1.59. The molecule has 6 nitrogen and oxygen atoms in total. The van der Waals surface area contributed by atoms with Gasteiger partial charge in [-0.1, -0.05) is 12.1 Å². The van der Waals surface area contributed by atoms with Crippen LogP contribution in [-0.2, 0) is 4.79 Å². The van der Waals surface area contributed by atoms with Crippen LogP contribution in [0.25, 0.3) is 10.9 Å². The predicted molar refractivity (Wildman–Crippen MR) is 67.8 cm³/mol. The van der Waals surface area contributed by atoms with Crippen LogP contribution in [0.15, 0.2) is 29.1 Å². The Balaban J connectivity index is 2.45. The molecule has 0 bridgehead atoms. The van der Waals surface area contributed by atoms with E-state index in [4.69, 9.17) is 0 Å². The number of para-hydroxylation sites is 1. The Morgan fingerprint density at radius 2 is 1.84 bits per heavy atom. The molecule has 2 heterocycles. The minimum Gasteiger partial charge on any atom is -0.277 e. The Morgan fingerprint density at radius 3 is 2.58 bits per heavy atom. The standard InChI is InChI=1S/C13H11N3O3/c1-7-11(17)15(2)13(19)10-14-9-6-4-3-5-8(9)12(18)16(7)10/h3-7H,1-2H3/t7-/m0/s1. The van der Waals surface area contributed by atoms with Gasteiger partial charge >= 0.3 is 0 Å². The fourth-order valence-corrected chi connectivity index (χ4v) is 2.30. The maximum Gasteiger partial charge on any atom is 0.296 e. The number of aromatic nitrogens is 2. The van der Waals surface area contributed by atoms with Crippen LogP contribution < -0.4 is 5.56 Å². The SMILES string of the molecule is C[C@H]1C(=O)N(C)C(=O)c2nc3ccccc3c(=O)n21. The first-order valence-electron chi connectivity index (χ1n) is 5.85. The summed E-state index contributed by atoms with van der Waals surface area (Å²) < 4.78 is 1.17. The van der Waals surface area contributed by atoms with Gasteiger partial charge in [0.2, 0.25) is 5.82 Å². The van der Waals surface area contributed by atoms with Gasteiger partial charge in [0, 0.05) is 7.05 Å². The van der Waals surface area contributed by atoms with Crippen molar-refractivity contribution in [2.24, 2.45) is 0 Å². The van der Waals surface area contributed by atoms with E-state index in [2.05, 4.69) is 4.98 Å². The molecule has 1 aliphatic rings. The van der Waals surface area contributed by atoms with Crippen molar-refractivity contribution in [2.75, 3.05) is 7.05 Å². The van der Waals surface area contributed by atoms with E-state index in [1.165, 1.54) is 11.6 Å². The van der Waals surface area contributed by atoms with Gasteiger partial charge in [0.1, 0.15) is 6.04 Å². The number of nitrogens with zero attached hydrogens (tertiary/aromatic N) is 3. The molecule has 0 radical (unpaired) electrons. The molecular formula is C13H11N3O3. The monoisotopic (exact) mass is 257 g/mol. The first-order valence-corrected chi connectivity index (χ1v) is 5.85. The third-order valence-corrected chi connectivity index (χ3v) is 3.38. The van der Waals surface area contributed by atoms with Crippen molar-refractivity contribution in [3.05, 3.63) is 40.4 Å². The van der Waals surface area contributed by atoms with Crippen molar-refractivity contribution in [1.29, 1.82) is 0 Å². The molecule has 2 amide bonds. The molecule has 0 saturated carbocycles. The van der Waals surface area contributed by atoms with Gasteiger partial charge in [0.25, 0.3) is 17.4 Å². The molecule has 1 atom stereocenters. The lowest BCUT2D eigenvalue weighted by Crippen LogP contribution is -2.49. The lowest BCUT2D eigenvalue weighted by molar-refractivity contribution is -0.131. The van der Waals surface area contributed by atoms with Gasteiger partial charge < -0.3 is 0 Å². The predicted octanol–water partition coefficient (Wildman–Crippen LogP) is 0.570. The number of imide groups is 1. The van der Waals surface area contributed by atoms with Crippen LogP contribution in [0.4, 0.5) is 0 Å². The normalized spacial score (nSPS) is 18.8. The second-order valence-corrected chi connectivity index (χ2v) is 4.51. The van der Waals surface area contributed by atoms with E-state index < -0.39 is 17.9 Å². The van der Waals surface area contributed by atoms with E-state index in [9.17, 15) is 14.4 Å². The number of amides is 2. The number of carbonyl (C=O) groups is 2. The van der Waals surface area contributed by atoms with E-state index in [0.717, 1.165) is 4.90 Å². The highest BCUT2D eigenvalue weighted by Gasteiger charge is 2.36. The van der Waals surface area contributed by atoms with Gasteiger partial charge in [0.05, 0.1) is 10.9 Å². The molecule has 0 fully saturated rings. The summed E-state index contributed by atoms with van der Waals surface area (Å²) in [5.41, 5.74) is 0.102. The average molecular weight is 257 g/mol. The van der Waals surface area contributed by atoms with Crippen molar-refractivity contribution in [2.45, 2.75) is 13.0 Å². The van der Waals surface area contributed by atoms with E-state index in [1.807, 2.05) is 0 Å². The average Bonchev–Trinajstić information content (AvgIpc) is 2.43. The zero-order chi connectivity index (χ0) is 13.7. The van der Waals surface area contributed by atoms with Crippen LogP contribution in [0.3, 0.4) is 0 Å². The quantitative estimate of drug-likeness (QED) is 0.647. The minimum atomic E-state index is -0.720. The summed E-state index contributed by atoms with van der Waals surface area (Å²) in [6, 6.07) is 6.06. The molecule has 19 heavy (non-hydrogen) atoms. The molecule has 96 valence electrons. The van der Waals surface area contributed by atoms with Crippen LogP contribution in [0.5, 0.6) is 0 Å². The number of hydrogen-bond acceptors (Lipinski definition) is 4. The highest BCUT2D eigenvalue weighted by atomic mass is 16.2. The van der Waals surface area contributed by atoms with Gasteiger partial charge in [-0.15, -0.1) is 0 Å². The molecule has 6 heteroatoms. The maximum absolute atomic E-state index is 12.4. The van der Waals surface area contributed by atoms with E-state index in [1.54, 1.807) is 31.2 Å². The largest absolute Gasteiger partial charge is 0.296 e. The zero-order valence-electron chi connectivity index (χ0n) is 10.5. The van der Waals surface area contributed by atoms with Crippen molar-refractivity contribution >= 4 is 22.7 Å². The summed E-state index contributed by atoms with van der Waals surface area (Å²) in [5.74, 6) is -0.944. The second kappa shape index (κ2) is 3.74. The highest BCUT2D eigenvalue weighted by molar-refractivity contribution is 6.07. The Bertz CT molecular complexity index is 778. The molecule has 0 unspecified atom stereocenters. The van der Waals surface area contributed by atoms with Gasteiger partial charge in [-0.25, -0.2) is 4.98 Å². The molecule has 2 aromatic rings. The smallest absolute Gasteiger partial charge is 0.277 e. The van der Waals surface area contributed by atoms with Crippen LogP contribution in [-0.4, -0.2) is 33.3 Å². The topological polar surface area (TPSA) is 72.3 Å². The van der Waals surface area contributed by atoms with Crippen LogP contribution in [0, 0.1) is 0 Å². The third-order valence-electron chi connectivity index (χ3n) is 3.38. The Morgan fingerprint density at radius 1 is 1.16 bits per heavy atom. The van der Waals surface area contributed by atoms with E-state index >= 15 is 0 Å². The number of carbonyl (C=O) groups excluding carboxylic acids is 2. The lowest BCUT2D eigenvalue weighted by atomic mass is 10.1. The molecule has 0 aliphatic carbocycles. The lowest BCUT2D eigenvalue weighted by Gasteiger charge is -2.28. The zero-order valence-corrected chi connectivity index (χ0v) is 10.5. The van der Waals surface area contributed by atoms with Crippen molar-refractivity contribution in [1.82, 2.24) is 14.5 Å². The number of fused-ring (bicyclic) bond motifs is 2. The highest BCUT2D eigenvalue weighted by Crippen LogP contribution is 2.19. The summed E-state index contributed by atoms with van der Waals surface area (Å²) >= 11 is 0. The summed E-state index contributed by atoms with van der Waals surface area (Å²) in [4.78, 5) is 41.6. The number of hydrogen-bond donors (Lipinski definition) is 0. The van der Waals surface area contributed by atoms with E-state index in [-0.39, 0.29) is 11.4 Å². The summed E-state index contributed by atoms with van der Waals surface area (Å²) in [6.07, 6.45) is 0. The van der Waals surface area contributed by atoms with Crippen LogP contribution >= 0.6 is 0 Å². The molecule has 0 N–H and O–H groups in total. The van der Waals surface area contributed by atoms with Gasteiger partial charge in [-0.3, -0.25) is 23.9 Å². The Hall–Kier alpha value is -2.50. The van der Waals surface area contributed by atoms with E-state index in [0.29, 0.717) is 10.9 Å². The van der Waals surface area contributed by atoms with Crippen LogP contribution in [0.1, 0.15) is 23.6 Å². The maximum atomic E-state index is 12.4. The fraction of sp³-hybridized carbons (Fsp3) is 0.231. The first kappa shape index (κ1) is 11.6. The molecule has 3 rings (SSSR count). The Kier molecular flexibility index (Phi) is 2.28. The van der Waals surface area contributed by atoms with Crippen molar-refractivity contribution < 1.29 is 9.59 Å². The molecule has 1 aromatic heterocycles. The Labute approximate surface area is 108 Å². The molecule has 0 saturated heterocycles. The third kappa shape index (κ3) is 1.43. The number of likely N-dealkylation sites (N-methyl/N-ethyl adjacent to an activating group) is 1. The summed E-state index contributed by atoms with van der Waals surface area (Å²) in [5, 5.41) is 0.406. The van der Waals surface area contributed by atoms with Gasteiger partial charge in [-0.2, -0.15) is 0 Å². The summed E-state index contributed by atoms with van der Waals surface area (Å²) in [7, 11) is 1.39. The first-order chi connectivity index (χ1) is 9.02. The molecular weight excluding hydrogens is 246 g/mol. The second-order valence-electron chi connectivity index (χ2n) is 4.51. The number of benzene rings is 1.